The van der Waals surface area contributed by atoms with Crippen LogP contribution in [0.3, 0.4) is 0 Å². The van der Waals surface area contributed by atoms with Gasteiger partial charge in [-0.3, -0.25) is 10.3 Å². The van der Waals surface area contributed by atoms with E-state index in [9.17, 15) is 9.18 Å². The van der Waals surface area contributed by atoms with Crippen molar-refractivity contribution in [2.24, 2.45) is 5.16 Å². The van der Waals surface area contributed by atoms with Gasteiger partial charge in [0.15, 0.2) is 5.69 Å². The Bertz CT molecular complexity index is 677. The summed E-state index contributed by atoms with van der Waals surface area (Å²) in [6.07, 6.45) is -0.247. The SMILES string of the molecule is O=C(O)Nc1nonc1/C=N/ONc1ccc(F)c(Br)c1. The van der Waals surface area contributed by atoms with Crippen LogP contribution in [0, 0.1) is 5.82 Å². The largest absolute Gasteiger partial charge is 0.465 e. The molecule has 1 aromatic carbocycles. The number of aromatic nitrogens is 2. The summed E-state index contributed by atoms with van der Waals surface area (Å²) in [5, 5.41) is 20.7. The van der Waals surface area contributed by atoms with Crippen molar-refractivity contribution in [2.75, 3.05) is 10.8 Å². The van der Waals surface area contributed by atoms with Gasteiger partial charge in [0, 0.05) is 0 Å². The van der Waals surface area contributed by atoms with Gasteiger partial charge >= 0.3 is 6.09 Å². The van der Waals surface area contributed by atoms with Crippen molar-refractivity contribution >= 4 is 39.7 Å². The lowest BCUT2D eigenvalue weighted by atomic mass is 10.3. The second kappa shape index (κ2) is 6.65. The first-order chi connectivity index (χ1) is 10.1. The summed E-state index contributed by atoms with van der Waals surface area (Å²) in [4.78, 5) is 15.2. The van der Waals surface area contributed by atoms with Crippen molar-refractivity contribution in [1.29, 1.82) is 0 Å². The van der Waals surface area contributed by atoms with E-state index in [-0.39, 0.29) is 16.0 Å². The Balaban J connectivity index is 1.92. The number of rotatable bonds is 5. The molecule has 11 heteroatoms. The van der Waals surface area contributed by atoms with Crippen LogP contribution in [0.2, 0.25) is 0 Å². The van der Waals surface area contributed by atoms with Gasteiger partial charge < -0.3 is 5.11 Å². The Morgan fingerprint density at radius 2 is 2.33 bits per heavy atom. The summed E-state index contributed by atoms with van der Waals surface area (Å²) < 4.78 is 17.6. The molecule has 0 spiro atoms. The van der Waals surface area contributed by atoms with Crippen LogP contribution in [0.15, 0.2) is 32.5 Å². The first-order valence-corrected chi connectivity index (χ1v) is 6.08. The van der Waals surface area contributed by atoms with Gasteiger partial charge in [-0.15, -0.1) is 0 Å². The Kier molecular flexibility index (Phi) is 4.66. The van der Waals surface area contributed by atoms with Crippen LogP contribution in [0.5, 0.6) is 0 Å². The highest BCUT2D eigenvalue weighted by Crippen LogP contribution is 2.19. The maximum absolute atomic E-state index is 13.0. The maximum atomic E-state index is 13.0. The van der Waals surface area contributed by atoms with Crippen molar-refractivity contribution in [3.63, 3.8) is 0 Å². The molecule has 0 fully saturated rings. The van der Waals surface area contributed by atoms with E-state index in [0.717, 1.165) is 6.21 Å². The number of nitrogens with one attached hydrogen (secondary N) is 2. The van der Waals surface area contributed by atoms with Crippen molar-refractivity contribution in [3.8, 4) is 0 Å². The molecule has 2 rings (SSSR count). The van der Waals surface area contributed by atoms with Crippen LogP contribution in [-0.2, 0) is 4.94 Å². The van der Waals surface area contributed by atoms with E-state index >= 15 is 0 Å². The lowest BCUT2D eigenvalue weighted by Gasteiger charge is -2.03. The normalized spacial score (nSPS) is 10.6. The minimum Gasteiger partial charge on any atom is -0.465 e. The van der Waals surface area contributed by atoms with Gasteiger partial charge in [-0.25, -0.2) is 13.8 Å². The van der Waals surface area contributed by atoms with Gasteiger partial charge in [-0.1, -0.05) is 5.16 Å². The summed E-state index contributed by atoms with van der Waals surface area (Å²) in [6, 6.07) is 4.11. The summed E-state index contributed by atoms with van der Waals surface area (Å²) in [5.41, 5.74) is 2.90. The molecule has 0 saturated carbocycles. The van der Waals surface area contributed by atoms with E-state index in [4.69, 9.17) is 10.0 Å². The first kappa shape index (κ1) is 14.7. The average Bonchev–Trinajstić information content (AvgIpc) is 2.85. The number of hydrogen-bond acceptors (Lipinski definition) is 7. The smallest absolute Gasteiger partial charge is 0.410 e. The van der Waals surface area contributed by atoms with Crippen LogP contribution in [0.1, 0.15) is 5.69 Å². The van der Waals surface area contributed by atoms with E-state index in [2.05, 4.69) is 41.5 Å². The lowest BCUT2D eigenvalue weighted by molar-refractivity contribution is 0.209. The van der Waals surface area contributed by atoms with Crippen molar-refractivity contribution in [2.45, 2.75) is 0 Å². The number of carbonyl (C=O) groups is 1. The summed E-state index contributed by atoms with van der Waals surface area (Å²) >= 11 is 3.02. The second-order valence-electron chi connectivity index (χ2n) is 3.48. The lowest BCUT2D eigenvalue weighted by Crippen LogP contribution is -2.09. The number of carboxylic acid groups (broad SMARTS) is 1. The number of halogens is 2. The van der Waals surface area contributed by atoms with E-state index in [1.54, 1.807) is 0 Å². The minimum atomic E-state index is -1.32. The van der Waals surface area contributed by atoms with Crippen LogP contribution < -0.4 is 10.8 Å². The molecule has 0 radical (unpaired) electrons. The average molecular weight is 360 g/mol. The highest BCUT2D eigenvalue weighted by Gasteiger charge is 2.10. The monoisotopic (exact) mass is 359 g/mol. The zero-order valence-electron chi connectivity index (χ0n) is 10.1. The molecule has 0 aliphatic heterocycles. The third-order valence-electron chi connectivity index (χ3n) is 2.05. The number of anilines is 2. The van der Waals surface area contributed by atoms with Gasteiger partial charge in [0.2, 0.25) is 5.82 Å². The molecular weight excluding hydrogens is 353 g/mol. The first-order valence-electron chi connectivity index (χ1n) is 5.29. The topological polar surface area (TPSA) is 122 Å². The molecule has 110 valence electrons. The van der Waals surface area contributed by atoms with E-state index in [0.29, 0.717) is 5.69 Å². The van der Waals surface area contributed by atoms with Gasteiger partial charge in [0.1, 0.15) is 12.0 Å². The fraction of sp³-hybridized carbons (Fsp3) is 0. The van der Waals surface area contributed by atoms with Crippen LogP contribution in [-0.4, -0.2) is 27.7 Å². The molecule has 0 atom stereocenters. The fourth-order valence-corrected chi connectivity index (χ4v) is 1.56. The van der Waals surface area contributed by atoms with E-state index < -0.39 is 11.9 Å². The molecular formula is C10H7BrFN5O4. The molecule has 2 aromatic rings. The molecule has 0 unspecified atom stereocenters. The molecule has 1 aromatic heterocycles. The van der Waals surface area contributed by atoms with Gasteiger partial charge in [0.05, 0.1) is 10.2 Å². The summed E-state index contributed by atoms with van der Waals surface area (Å²) in [5.74, 6) is -0.540. The fourth-order valence-electron chi connectivity index (χ4n) is 1.18. The summed E-state index contributed by atoms with van der Waals surface area (Å²) in [7, 11) is 0. The standard InChI is InChI=1S/C10H7BrFN5O4/c11-6-3-5(1-2-7(6)12)15-20-13-4-8-9(14-10(18)19)17-21-16-8/h1-4,15H,(H,14,17)(H,18,19)/b13-4+. The third-order valence-corrected chi connectivity index (χ3v) is 2.66. The Labute approximate surface area is 124 Å². The molecule has 3 N–H and O–H groups in total. The zero-order chi connectivity index (χ0) is 15.2. The molecule has 0 aliphatic carbocycles. The predicted octanol–water partition coefficient (Wildman–Crippen LogP) is 2.44. The Morgan fingerprint density at radius 1 is 1.52 bits per heavy atom. The van der Waals surface area contributed by atoms with Gasteiger partial charge in [-0.2, -0.15) is 5.48 Å². The molecule has 1 heterocycles. The van der Waals surface area contributed by atoms with Crippen LogP contribution in [0.25, 0.3) is 0 Å². The maximum Gasteiger partial charge on any atom is 0.410 e. The van der Waals surface area contributed by atoms with Crippen molar-refractivity contribution < 1.29 is 23.9 Å². The number of oxime groups is 1. The van der Waals surface area contributed by atoms with Gasteiger partial charge in [-0.05, 0) is 44.4 Å². The number of benzene rings is 1. The quantitative estimate of drug-likeness (QED) is 0.553. The minimum absolute atomic E-state index is 0.0273. The van der Waals surface area contributed by atoms with Gasteiger partial charge in [0.25, 0.3) is 0 Å². The number of hydrogen-bond donors (Lipinski definition) is 3. The Morgan fingerprint density at radius 3 is 3.05 bits per heavy atom. The predicted molar refractivity (Wildman–Crippen MR) is 72.3 cm³/mol. The van der Waals surface area contributed by atoms with E-state index in [1.807, 2.05) is 5.32 Å². The van der Waals surface area contributed by atoms with Crippen LogP contribution >= 0.6 is 15.9 Å². The van der Waals surface area contributed by atoms with E-state index in [1.165, 1.54) is 18.2 Å². The number of nitrogens with zero attached hydrogens (tertiary/aromatic N) is 3. The molecule has 0 aliphatic rings. The molecule has 0 saturated heterocycles. The Hall–Kier alpha value is -2.69. The van der Waals surface area contributed by atoms with Crippen LogP contribution in [0.4, 0.5) is 20.7 Å². The third kappa shape index (κ3) is 4.14. The van der Waals surface area contributed by atoms with Crippen molar-refractivity contribution in [1.82, 2.24) is 10.3 Å². The molecule has 0 bridgehead atoms. The highest BCUT2D eigenvalue weighted by molar-refractivity contribution is 9.10. The molecule has 1 amide bonds. The second-order valence-corrected chi connectivity index (χ2v) is 4.34. The highest BCUT2D eigenvalue weighted by atomic mass is 79.9. The van der Waals surface area contributed by atoms with Crippen molar-refractivity contribution in [3.05, 3.63) is 34.2 Å². The zero-order valence-corrected chi connectivity index (χ0v) is 11.7. The summed E-state index contributed by atoms with van der Waals surface area (Å²) in [6.45, 7) is 0. The molecule has 21 heavy (non-hydrogen) atoms. The number of amides is 1. The molecule has 9 nitrogen and oxygen atoms in total.